The van der Waals surface area contributed by atoms with Crippen molar-refractivity contribution < 1.29 is 18.8 Å². The van der Waals surface area contributed by atoms with Crippen LogP contribution in [-0.4, -0.2) is 42.2 Å². The molecule has 0 aliphatic carbocycles. The Hall–Kier alpha value is -2.74. The average Bonchev–Trinajstić information content (AvgIpc) is 3.02. The smallest absolute Gasteiger partial charge is 0.315 e. The predicted molar refractivity (Wildman–Crippen MR) is 80.5 cm³/mol. The number of carbonyl (C=O) groups excluding carboxylic acids is 2. The number of benzene rings is 1. The minimum Gasteiger partial charge on any atom is -0.383 e. The van der Waals surface area contributed by atoms with E-state index in [1.807, 2.05) is 30.3 Å². The van der Waals surface area contributed by atoms with Gasteiger partial charge in [-0.2, -0.15) is 4.98 Å². The van der Waals surface area contributed by atoms with Crippen LogP contribution in [0.15, 0.2) is 34.9 Å². The van der Waals surface area contributed by atoms with Gasteiger partial charge in [-0.15, -0.1) is 0 Å². The van der Waals surface area contributed by atoms with Crippen LogP contribution >= 0.6 is 0 Å². The second-order valence-electron chi connectivity index (χ2n) is 4.70. The molecule has 23 heavy (non-hydrogen) atoms. The molecule has 122 valence electrons. The van der Waals surface area contributed by atoms with Gasteiger partial charge in [0.15, 0.2) is 5.82 Å². The highest BCUT2D eigenvalue weighted by molar-refractivity contribution is 5.89. The van der Waals surface area contributed by atoms with Gasteiger partial charge in [-0.3, -0.25) is 9.59 Å². The predicted octanol–water partition coefficient (Wildman–Crippen LogP) is 0.305. The Morgan fingerprint density at radius 1 is 1.22 bits per heavy atom. The molecule has 8 heteroatoms. The molecule has 0 aliphatic heterocycles. The van der Waals surface area contributed by atoms with Crippen LogP contribution in [0.5, 0.6) is 0 Å². The molecule has 0 bridgehead atoms. The van der Waals surface area contributed by atoms with Crippen molar-refractivity contribution in [1.29, 1.82) is 0 Å². The molecule has 1 aromatic heterocycles. The highest BCUT2D eigenvalue weighted by Crippen LogP contribution is 2.00. The molecule has 8 nitrogen and oxygen atoms in total. The lowest BCUT2D eigenvalue weighted by Crippen LogP contribution is -2.27. The van der Waals surface area contributed by atoms with Crippen molar-refractivity contribution in [2.24, 2.45) is 0 Å². The third-order valence-electron chi connectivity index (χ3n) is 2.91. The van der Waals surface area contributed by atoms with E-state index in [-0.39, 0.29) is 24.0 Å². The fraction of sp³-hybridized carbons (Fsp3) is 0.333. The van der Waals surface area contributed by atoms with E-state index < -0.39 is 5.91 Å². The number of hydrogen-bond donors (Lipinski definition) is 2. The Bertz CT molecular complexity index is 642. The van der Waals surface area contributed by atoms with Gasteiger partial charge >= 0.3 is 11.8 Å². The highest BCUT2D eigenvalue weighted by Gasteiger charge is 2.16. The van der Waals surface area contributed by atoms with E-state index in [2.05, 4.69) is 20.8 Å². The number of ether oxygens (including phenoxy) is 1. The summed E-state index contributed by atoms with van der Waals surface area (Å²) in [6.07, 6.45) is -0.0539. The van der Waals surface area contributed by atoms with Gasteiger partial charge in [0, 0.05) is 20.2 Å². The molecular formula is C15H18N4O4. The Morgan fingerprint density at radius 3 is 2.74 bits per heavy atom. The zero-order valence-corrected chi connectivity index (χ0v) is 12.7. The first-order valence-corrected chi connectivity index (χ1v) is 7.09. The molecule has 0 spiro atoms. The maximum Gasteiger partial charge on any atom is 0.315 e. The monoisotopic (exact) mass is 318 g/mol. The van der Waals surface area contributed by atoms with Crippen LogP contribution in [0.1, 0.15) is 22.1 Å². The zero-order chi connectivity index (χ0) is 16.5. The molecule has 0 atom stereocenters. The Balaban J connectivity index is 1.79. The summed E-state index contributed by atoms with van der Waals surface area (Å²) in [5, 5.41) is 8.92. The molecule has 0 radical (unpaired) electrons. The molecular weight excluding hydrogens is 300 g/mol. The molecule has 1 aromatic carbocycles. The molecule has 2 N–H and O–H groups in total. The van der Waals surface area contributed by atoms with Gasteiger partial charge in [0.2, 0.25) is 5.91 Å². The fourth-order valence-electron chi connectivity index (χ4n) is 1.76. The minimum absolute atomic E-state index is 0.0539. The van der Waals surface area contributed by atoms with Crippen molar-refractivity contribution in [1.82, 2.24) is 20.8 Å². The molecule has 0 aliphatic rings. The van der Waals surface area contributed by atoms with E-state index >= 15 is 0 Å². The van der Waals surface area contributed by atoms with Crippen molar-refractivity contribution in [3.05, 3.63) is 47.6 Å². The van der Waals surface area contributed by atoms with E-state index in [1.165, 1.54) is 7.11 Å². The average molecular weight is 318 g/mol. The zero-order valence-electron chi connectivity index (χ0n) is 12.7. The summed E-state index contributed by atoms with van der Waals surface area (Å²) in [5.74, 6) is -0.758. The van der Waals surface area contributed by atoms with Crippen LogP contribution in [0.25, 0.3) is 0 Å². The maximum atomic E-state index is 11.8. The molecule has 0 saturated carbocycles. The topological polar surface area (TPSA) is 106 Å². The van der Waals surface area contributed by atoms with Gasteiger partial charge in [-0.05, 0) is 5.56 Å². The Kier molecular flexibility index (Phi) is 6.25. The Labute approximate surface area is 133 Å². The lowest BCUT2D eigenvalue weighted by Gasteiger charge is -2.03. The number of nitrogens with one attached hydrogen (secondary N) is 2. The SMILES string of the molecule is COCCNC(=O)c1nc(CC(=O)NCc2ccccc2)no1. The first kappa shape index (κ1) is 16.6. The van der Waals surface area contributed by atoms with Crippen molar-refractivity contribution in [2.45, 2.75) is 13.0 Å². The van der Waals surface area contributed by atoms with Crippen molar-refractivity contribution in [3.8, 4) is 0 Å². The highest BCUT2D eigenvalue weighted by atomic mass is 16.5. The maximum absolute atomic E-state index is 11.8. The number of aromatic nitrogens is 2. The summed E-state index contributed by atoms with van der Waals surface area (Å²) in [7, 11) is 1.53. The summed E-state index contributed by atoms with van der Waals surface area (Å²) in [6, 6.07) is 9.53. The summed E-state index contributed by atoms with van der Waals surface area (Å²) in [4.78, 5) is 27.4. The van der Waals surface area contributed by atoms with Crippen molar-refractivity contribution >= 4 is 11.8 Å². The molecule has 2 amide bonds. The van der Waals surface area contributed by atoms with Gasteiger partial charge in [0.1, 0.15) is 0 Å². The third kappa shape index (κ3) is 5.51. The largest absolute Gasteiger partial charge is 0.383 e. The number of carbonyl (C=O) groups is 2. The summed E-state index contributed by atoms with van der Waals surface area (Å²) in [5.41, 5.74) is 0.993. The number of methoxy groups -OCH3 is 1. The van der Waals surface area contributed by atoms with Crippen LogP contribution in [0, 0.1) is 0 Å². The van der Waals surface area contributed by atoms with Gasteiger partial charge < -0.3 is 19.9 Å². The normalized spacial score (nSPS) is 10.3. The summed E-state index contributed by atoms with van der Waals surface area (Å²) >= 11 is 0. The molecule has 1 heterocycles. The number of amides is 2. The second kappa shape index (κ2) is 8.64. The van der Waals surface area contributed by atoms with Gasteiger partial charge in [0.25, 0.3) is 0 Å². The fourth-order valence-corrected chi connectivity index (χ4v) is 1.76. The van der Waals surface area contributed by atoms with Crippen LogP contribution < -0.4 is 10.6 Å². The van der Waals surface area contributed by atoms with Gasteiger partial charge in [-0.25, -0.2) is 0 Å². The van der Waals surface area contributed by atoms with Gasteiger partial charge in [0.05, 0.1) is 13.0 Å². The van der Waals surface area contributed by atoms with Crippen LogP contribution in [0.2, 0.25) is 0 Å². The first-order chi connectivity index (χ1) is 11.2. The molecule has 0 fully saturated rings. The molecule has 0 unspecified atom stereocenters. The van der Waals surface area contributed by atoms with Crippen LogP contribution in [-0.2, 0) is 22.5 Å². The summed E-state index contributed by atoms with van der Waals surface area (Å²) < 4.78 is 9.64. The number of nitrogens with zero attached hydrogens (tertiary/aromatic N) is 2. The van der Waals surface area contributed by atoms with Crippen LogP contribution in [0.3, 0.4) is 0 Å². The third-order valence-corrected chi connectivity index (χ3v) is 2.91. The quantitative estimate of drug-likeness (QED) is 0.678. The molecule has 0 saturated heterocycles. The first-order valence-electron chi connectivity index (χ1n) is 7.09. The van der Waals surface area contributed by atoms with E-state index in [0.717, 1.165) is 5.56 Å². The van der Waals surface area contributed by atoms with E-state index in [9.17, 15) is 9.59 Å². The lowest BCUT2D eigenvalue weighted by atomic mass is 10.2. The standard InChI is InChI=1S/C15H18N4O4/c1-22-8-7-16-14(21)15-18-12(19-23-15)9-13(20)17-10-11-5-3-2-4-6-11/h2-6H,7-10H2,1H3,(H,16,21)(H,17,20). The van der Waals surface area contributed by atoms with E-state index in [1.54, 1.807) is 0 Å². The molecule has 2 rings (SSSR count). The summed E-state index contributed by atoms with van der Waals surface area (Å²) in [6.45, 7) is 1.14. The van der Waals surface area contributed by atoms with Crippen molar-refractivity contribution in [3.63, 3.8) is 0 Å². The molecule has 2 aromatic rings. The number of hydrogen-bond acceptors (Lipinski definition) is 6. The van der Waals surface area contributed by atoms with E-state index in [4.69, 9.17) is 9.26 Å². The lowest BCUT2D eigenvalue weighted by molar-refractivity contribution is -0.120. The van der Waals surface area contributed by atoms with Crippen molar-refractivity contribution in [2.75, 3.05) is 20.3 Å². The van der Waals surface area contributed by atoms with E-state index in [0.29, 0.717) is 19.7 Å². The second-order valence-corrected chi connectivity index (χ2v) is 4.70. The van der Waals surface area contributed by atoms with Crippen LogP contribution in [0.4, 0.5) is 0 Å². The number of rotatable bonds is 8. The Morgan fingerprint density at radius 2 is 2.00 bits per heavy atom. The van der Waals surface area contributed by atoms with Gasteiger partial charge in [-0.1, -0.05) is 35.5 Å². The minimum atomic E-state index is -0.495.